The molecule has 1 aliphatic heterocycles. The quantitative estimate of drug-likeness (QED) is 0.306. The molecule has 132 valence electrons. The molecule has 0 bridgehead atoms. The largest absolute Gasteiger partial charge is 0.469 e. The molecule has 3 rings (SSSR count). The maximum absolute atomic E-state index is 13.3. The van der Waals surface area contributed by atoms with E-state index < -0.39 is 45.0 Å². The van der Waals surface area contributed by atoms with Crippen molar-refractivity contribution in [2.24, 2.45) is 0 Å². The van der Waals surface area contributed by atoms with Gasteiger partial charge in [-0.05, 0) is 0 Å². The molecule has 1 saturated heterocycles. The molecule has 0 aliphatic carbocycles. The topological polar surface area (TPSA) is 186 Å². The number of phosphoric ester groups is 1. The number of nitrogen functional groups attached to an aromatic ring is 1. The van der Waals surface area contributed by atoms with Crippen LogP contribution < -0.4 is 5.73 Å². The van der Waals surface area contributed by atoms with Gasteiger partial charge in [-0.2, -0.15) is 14.4 Å². The summed E-state index contributed by atoms with van der Waals surface area (Å²) in [5.74, 6) is -0.217. The zero-order valence-corrected chi connectivity index (χ0v) is 12.7. The van der Waals surface area contributed by atoms with E-state index in [9.17, 15) is 19.2 Å². The van der Waals surface area contributed by atoms with Crippen LogP contribution in [0.1, 0.15) is 6.23 Å². The van der Waals surface area contributed by atoms with Crippen molar-refractivity contribution in [1.29, 1.82) is 0 Å². The van der Waals surface area contributed by atoms with E-state index in [0.717, 1.165) is 10.9 Å². The zero-order valence-electron chi connectivity index (χ0n) is 11.8. The summed E-state index contributed by atoms with van der Waals surface area (Å²) in [6.45, 7) is -0.670. The molecular formula is C10H13FN5O7P. The summed E-state index contributed by atoms with van der Waals surface area (Å²) in [5, 5.41) is 20.0. The standard InChI is InChI=1S/C10H13FN5O7P/c11-10-14-7(12)4-8(15-10)16(2-13-4)9-6(18)5(17)3(23-9)1-22-24(19,20)21/h2-3,5-6,9,17-18H,1H2,(H2,12,14,15)(H2,19,20,21)/t3-,5?,6+,9-/m1/s1. The number of halogens is 1. The lowest BCUT2D eigenvalue weighted by atomic mass is 10.1. The van der Waals surface area contributed by atoms with Crippen LogP contribution in [0.4, 0.5) is 10.2 Å². The monoisotopic (exact) mass is 365 g/mol. The van der Waals surface area contributed by atoms with Gasteiger partial charge in [-0.1, -0.05) is 0 Å². The summed E-state index contributed by atoms with van der Waals surface area (Å²) < 4.78 is 34.8. The Morgan fingerprint density at radius 2 is 2.08 bits per heavy atom. The van der Waals surface area contributed by atoms with E-state index in [0.29, 0.717) is 0 Å². The van der Waals surface area contributed by atoms with E-state index in [1.807, 2.05) is 0 Å². The average Bonchev–Trinajstić information content (AvgIpc) is 3.00. The van der Waals surface area contributed by atoms with Gasteiger partial charge in [0.05, 0.1) is 12.9 Å². The second kappa shape index (κ2) is 5.97. The first-order valence-corrected chi connectivity index (χ1v) is 8.07. The van der Waals surface area contributed by atoms with Crippen molar-refractivity contribution >= 4 is 24.8 Å². The molecule has 12 nitrogen and oxygen atoms in total. The molecule has 4 atom stereocenters. The van der Waals surface area contributed by atoms with Gasteiger partial charge < -0.3 is 30.5 Å². The smallest absolute Gasteiger partial charge is 0.387 e. The van der Waals surface area contributed by atoms with E-state index >= 15 is 0 Å². The van der Waals surface area contributed by atoms with Crippen molar-refractivity contribution in [3.63, 3.8) is 0 Å². The maximum Gasteiger partial charge on any atom is 0.469 e. The number of rotatable bonds is 4. The van der Waals surface area contributed by atoms with Gasteiger partial charge in [-0.3, -0.25) is 9.09 Å². The van der Waals surface area contributed by atoms with Gasteiger partial charge in [0.25, 0.3) is 0 Å². The van der Waals surface area contributed by atoms with Crippen molar-refractivity contribution < 1.29 is 38.2 Å². The van der Waals surface area contributed by atoms with E-state index in [1.165, 1.54) is 0 Å². The van der Waals surface area contributed by atoms with E-state index in [1.54, 1.807) is 0 Å². The number of fused-ring (bicyclic) bond motifs is 1. The van der Waals surface area contributed by atoms with Crippen molar-refractivity contribution in [3.05, 3.63) is 12.4 Å². The normalized spacial score (nSPS) is 27.9. The molecule has 0 radical (unpaired) electrons. The van der Waals surface area contributed by atoms with Crippen molar-refractivity contribution in [1.82, 2.24) is 19.5 Å². The van der Waals surface area contributed by atoms with Gasteiger partial charge in [-0.25, -0.2) is 9.55 Å². The molecule has 3 heterocycles. The fraction of sp³-hybridized carbons (Fsp3) is 0.500. The Bertz CT molecular complexity index is 812. The SMILES string of the molecule is Nc1nc(F)nc2c1ncn2[C@@H]1O[C@H](COP(=O)(O)O)C(O)[C@@H]1O. The van der Waals surface area contributed by atoms with Crippen molar-refractivity contribution in [3.8, 4) is 0 Å². The Morgan fingerprint density at radius 1 is 1.38 bits per heavy atom. The number of phosphoric acid groups is 1. The molecule has 0 saturated carbocycles. The Balaban J connectivity index is 1.89. The molecular weight excluding hydrogens is 352 g/mol. The van der Waals surface area contributed by atoms with Gasteiger partial charge >= 0.3 is 13.9 Å². The molecule has 1 aliphatic rings. The summed E-state index contributed by atoms with van der Waals surface area (Å²) in [7, 11) is -4.78. The minimum Gasteiger partial charge on any atom is -0.387 e. The van der Waals surface area contributed by atoms with Gasteiger partial charge in [0.1, 0.15) is 18.3 Å². The Morgan fingerprint density at radius 3 is 2.75 bits per heavy atom. The van der Waals surface area contributed by atoms with Crippen molar-refractivity contribution in [2.75, 3.05) is 12.3 Å². The predicted octanol–water partition coefficient (Wildman–Crippen LogP) is -1.72. The third-order valence-corrected chi connectivity index (χ3v) is 3.92. The van der Waals surface area contributed by atoms with Gasteiger partial charge in [0, 0.05) is 0 Å². The van der Waals surface area contributed by atoms with Crippen LogP contribution in [0.25, 0.3) is 11.2 Å². The highest BCUT2D eigenvalue weighted by Crippen LogP contribution is 2.38. The van der Waals surface area contributed by atoms with Crippen LogP contribution >= 0.6 is 7.82 Å². The van der Waals surface area contributed by atoms with Crippen LogP contribution in [-0.2, 0) is 13.8 Å². The third kappa shape index (κ3) is 3.10. The summed E-state index contributed by atoms with van der Waals surface area (Å²) in [6.07, 6.45) is -5.46. The van der Waals surface area contributed by atoms with E-state index in [2.05, 4.69) is 19.5 Å². The van der Waals surface area contributed by atoms with Crippen LogP contribution in [0, 0.1) is 6.08 Å². The minimum atomic E-state index is -4.78. The first kappa shape index (κ1) is 17.1. The highest BCUT2D eigenvalue weighted by Gasteiger charge is 2.45. The highest BCUT2D eigenvalue weighted by molar-refractivity contribution is 7.46. The first-order chi connectivity index (χ1) is 11.2. The van der Waals surface area contributed by atoms with Gasteiger partial charge in [-0.15, -0.1) is 0 Å². The molecule has 2 aromatic heterocycles. The lowest BCUT2D eigenvalue weighted by Gasteiger charge is -2.16. The fourth-order valence-electron chi connectivity index (χ4n) is 2.36. The molecule has 2 aromatic rings. The molecule has 1 unspecified atom stereocenters. The lowest BCUT2D eigenvalue weighted by Crippen LogP contribution is -2.33. The number of aliphatic hydroxyl groups excluding tert-OH is 2. The lowest BCUT2D eigenvalue weighted by molar-refractivity contribution is -0.0504. The van der Waals surface area contributed by atoms with Crippen LogP contribution in [0.5, 0.6) is 0 Å². The van der Waals surface area contributed by atoms with Gasteiger partial charge in [0.15, 0.2) is 23.2 Å². The first-order valence-electron chi connectivity index (χ1n) is 6.54. The highest BCUT2D eigenvalue weighted by atomic mass is 31.2. The van der Waals surface area contributed by atoms with E-state index in [-0.39, 0.29) is 17.0 Å². The number of hydrogen-bond acceptors (Lipinski definition) is 9. The summed E-state index contributed by atoms with van der Waals surface area (Å²) in [5.41, 5.74) is 5.52. The van der Waals surface area contributed by atoms with Crippen molar-refractivity contribution in [2.45, 2.75) is 24.5 Å². The second-order valence-electron chi connectivity index (χ2n) is 5.03. The molecule has 24 heavy (non-hydrogen) atoms. The average molecular weight is 365 g/mol. The summed E-state index contributed by atoms with van der Waals surface area (Å²) in [4.78, 5) is 28.1. The maximum atomic E-state index is 13.3. The molecule has 0 amide bonds. The molecule has 0 spiro atoms. The van der Waals surface area contributed by atoms with Crippen LogP contribution in [0.3, 0.4) is 0 Å². The number of nitrogens with zero attached hydrogens (tertiary/aromatic N) is 4. The minimum absolute atomic E-state index is 0.0663. The number of aromatic nitrogens is 4. The van der Waals surface area contributed by atoms with E-state index in [4.69, 9.17) is 20.3 Å². The number of anilines is 1. The number of nitrogens with two attached hydrogens (primary N) is 1. The number of hydrogen-bond donors (Lipinski definition) is 5. The van der Waals surface area contributed by atoms with Gasteiger partial charge in [0.2, 0.25) is 0 Å². The Labute approximate surface area is 132 Å². The molecule has 6 N–H and O–H groups in total. The van der Waals surface area contributed by atoms with Crippen LogP contribution in [-0.4, -0.2) is 64.4 Å². The number of imidazole rings is 1. The fourth-order valence-corrected chi connectivity index (χ4v) is 2.71. The molecule has 14 heteroatoms. The third-order valence-electron chi connectivity index (χ3n) is 3.44. The Kier molecular flexibility index (Phi) is 4.25. The molecule has 0 aromatic carbocycles. The second-order valence-corrected chi connectivity index (χ2v) is 6.27. The van der Waals surface area contributed by atoms with Crippen LogP contribution in [0.15, 0.2) is 6.33 Å². The Hall–Kier alpha value is -1.73. The van der Waals surface area contributed by atoms with Crippen LogP contribution in [0.2, 0.25) is 0 Å². The zero-order chi connectivity index (χ0) is 17.6. The number of aliphatic hydroxyl groups is 2. The predicted molar refractivity (Wildman–Crippen MR) is 73.6 cm³/mol. The summed E-state index contributed by atoms with van der Waals surface area (Å²) >= 11 is 0. The molecule has 1 fully saturated rings. The number of ether oxygens (including phenoxy) is 1. The summed E-state index contributed by atoms with van der Waals surface area (Å²) in [6, 6.07) is 0.